The second-order valence-electron chi connectivity index (χ2n) is 7.02. The van der Waals surface area contributed by atoms with Gasteiger partial charge in [0.25, 0.3) is 0 Å². The molecule has 0 spiro atoms. The normalized spacial score (nSPS) is 17.1. The van der Waals surface area contributed by atoms with Crippen molar-refractivity contribution >= 4 is 23.4 Å². The first-order valence-corrected chi connectivity index (χ1v) is 9.43. The first kappa shape index (κ1) is 20.6. The van der Waals surface area contributed by atoms with Gasteiger partial charge in [0.2, 0.25) is 0 Å². The molecule has 1 saturated heterocycles. The molecular formula is C21H25N5O3. The monoisotopic (exact) mass is 395 g/mol. The third-order valence-electron chi connectivity index (χ3n) is 4.89. The fraction of sp³-hybridized carbons (Fsp3) is 0.333. The standard InChI is InChI=1S/C21H25N5O3/c1-15-5-6-18(11-20(15)16(2)10-17-4-3-7-23-12-17)26(22)21(27)25-8-9-29-19(14-25)13-24-28/h3-7,10-12,19H,8-9,13-14,22H2,1-2H3/b16-10+. The van der Waals surface area contributed by atoms with E-state index in [1.807, 2.05) is 50.3 Å². The zero-order chi connectivity index (χ0) is 20.8. The number of nitrogens with zero attached hydrogens (tertiary/aromatic N) is 4. The minimum atomic E-state index is -0.392. The molecule has 2 aromatic rings. The minimum Gasteiger partial charge on any atom is -0.372 e. The van der Waals surface area contributed by atoms with Crippen LogP contribution in [0.25, 0.3) is 11.6 Å². The van der Waals surface area contributed by atoms with Crippen LogP contribution in [-0.2, 0) is 4.74 Å². The van der Waals surface area contributed by atoms with Crippen molar-refractivity contribution in [3.63, 3.8) is 0 Å². The molecule has 1 atom stereocenters. The molecule has 0 saturated carbocycles. The van der Waals surface area contributed by atoms with Gasteiger partial charge in [0, 0.05) is 18.9 Å². The maximum Gasteiger partial charge on any atom is 0.339 e. The number of hydrogen-bond donors (Lipinski definition) is 1. The number of rotatable bonds is 5. The van der Waals surface area contributed by atoms with Gasteiger partial charge in [-0.2, -0.15) is 4.91 Å². The third-order valence-corrected chi connectivity index (χ3v) is 4.89. The van der Waals surface area contributed by atoms with E-state index in [0.29, 0.717) is 18.8 Å². The summed E-state index contributed by atoms with van der Waals surface area (Å²) in [5.74, 6) is 6.15. The van der Waals surface area contributed by atoms with Crippen LogP contribution in [0.5, 0.6) is 0 Å². The number of amides is 2. The third kappa shape index (κ3) is 5.04. The summed E-state index contributed by atoms with van der Waals surface area (Å²) >= 11 is 0. The summed E-state index contributed by atoms with van der Waals surface area (Å²) in [7, 11) is 0. The van der Waals surface area contributed by atoms with E-state index in [4.69, 9.17) is 10.6 Å². The number of pyridine rings is 1. The highest BCUT2D eigenvalue weighted by Gasteiger charge is 2.27. The number of nitroso groups, excluding NO2 is 1. The van der Waals surface area contributed by atoms with Crippen molar-refractivity contribution in [3.05, 3.63) is 64.3 Å². The largest absolute Gasteiger partial charge is 0.372 e. The predicted molar refractivity (Wildman–Crippen MR) is 113 cm³/mol. The van der Waals surface area contributed by atoms with Crippen LogP contribution in [0, 0.1) is 11.8 Å². The number of carbonyl (C=O) groups excluding carboxylic acids is 1. The second-order valence-corrected chi connectivity index (χ2v) is 7.02. The molecule has 1 aliphatic heterocycles. The van der Waals surface area contributed by atoms with Crippen LogP contribution >= 0.6 is 0 Å². The lowest BCUT2D eigenvalue weighted by atomic mass is 9.99. The number of anilines is 1. The van der Waals surface area contributed by atoms with Crippen LogP contribution in [0.2, 0.25) is 0 Å². The van der Waals surface area contributed by atoms with E-state index < -0.39 is 6.10 Å². The van der Waals surface area contributed by atoms with Gasteiger partial charge in [-0.15, -0.1) is 0 Å². The fourth-order valence-electron chi connectivity index (χ4n) is 3.32. The van der Waals surface area contributed by atoms with Gasteiger partial charge >= 0.3 is 6.03 Å². The Balaban J connectivity index is 1.80. The highest BCUT2D eigenvalue weighted by Crippen LogP contribution is 2.26. The molecule has 2 amide bonds. The molecule has 0 aliphatic carbocycles. The number of urea groups is 1. The Morgan fingerprint density at radius 2 is 2.28 bits per heavy atom. The van der Waals surface area contributed by atoms with Gasteiger partial charge in [0.05, 0.1) is 24.9 Å². The Bertz CT molecular complexity index is 900. The van der Waals surface area contributed by atoms with E-state index in [-0.39, 0.29) is 19.1 Å². The minimum absolute atomic E-state index is 0.0152. The van der Waals surface area contributed by atoms with Crippen molar-refractivity contribution in [2.24, 2.45) is 11.0 Å². The number of benzene rings is 1. The SMILES string of the molecule is C/C(=C\c1cccnc1)c1cc(N(N)C(=O)N2CCOC(CN=O)C2)ccc1C. The summed E-state index contributed by atoms with van der Waals surface area (Å²) in [6.07, 6.45) is 5.18. The van der Waals surface area contributed by atoms with Gasteiger partial charge in [-0.05, 0) is 60.4 Å². The van der Waals surface area contributed by atoms with Crippen LogP contribution in [-0.4, -0.2) is 48.3 Å². The lowest BCUT2D eigenvalue weighted by molar-refractivity contribution is -0.00747. The van der Waals surface area contributed by atoms with E-state index in [1.165, 1.54) is 0 Å². The highest BCUT2D eigenvalue weighted by atomic mass is 16.5. The van der Waals surface area contributed by atoms with Crippen LogP contribution in [0.3, 0.4) is 0 Å². The quantitative estimate of drug-likeness (QED) is 0.362. The highest BCUT2D eigenvalue weighted by molar-refractivity contribution is 5.92. The Morgan fingerprint density at radius 3 is 3.00 bits per heavy atom. The maximum absolute atomic E-state index is 12.8. The molecule has 1 unspecified atom stereocenters. The molecule has 29 heavy (non-hydrogen) atoms. The van der Waals surface area contributed by atoms with Crippen molar-refractivity contribution in [3.8, 4) is 0 Å². The van der Waals surface area contributed by atoms with Crippen molar-refractivity contribution in [1.29, 1.82) is 0 Å². The number of aromatic nitrogens is 1. The van der Waals surface area contributed by atoms with Gasteiger partial charge in [0.15, 0.2) is 0 Å². The molecule has 8 heteroatoms. The van der Waals surface area contributed by atoms with E-state index >= 15 is 0 Å². The van der Waals surface area contributed by atoms with Gasteiger partial charge in [0.1, 0.15) is 6.54 Å². The van der Waals surface area contributed by atoms with Gasteiger partial charge in [-0.25, -0.2) is 15.6 Å². The van der Waals surface area contributed by atoms with Crippen LogP contribution in [0.4, 0.5) is 10.5 Å². The number of morpholine rings is 1. The molecule has 1 aromatic carbocycles. The summed E-state index contributed by atoms with van der Waals surface area (Å²) in [5.41, 5.74) is 4.71. The van der Waals surface area contributed by atoms with Crippen molar-refractivity contribution in [2.75, 3.05) is 31.3 Å². The van der Waals surface area contributed by atoms with Crippen LogP contribution in [0.1, 0.15) is 23.6 Å². The number of nitrogens with two attached hydrogens (primary N) is 1. The summed E-state index contributed by atoms with van der Waals surface area (Å²) < 4.78 is 5.45. The number of ether oxygens (including phenoxy) is 1. The van der Waals surface area contributed by atoms with Crippen LogP contribution < -0.4 is 10.9 Å². The van der Waals surface area contributed by atoms with E-state index in [9.17, 15) is 9.70 Å². The number of carbonyl (C=O) groups is 1. The molecule has 1 fully saturated rings. The average Bonchev–Trinajstić information content (AvgIpc) is 2.74. The molecule has 8 nitrogen and oxygen atoms in total. The summed E-state index contributed by atoms with van der Waals surface area (Å²) in [4.78, 5) is 29.1. The zero-order valence-electron chi connectivity index (χ0n) is 16.6. The molecule has 3 rings (SSSR count). The summed E-state index contributed by atoms with van der Waals surface area (Å²) in [5, 5.41) is 4.00. The lowest BCUT2D eigenvalue weighted by Gasteiger charge is -2.34. The van der Waals surface area contributed by atoms with E-state index in [1.54, 1.807) is 17.3 Å². The van der Waals surface area contributed by atoms with Crippen LogP contribution in [0.15, 0.2) is 47.9 Å². The number of aryl methyl sites for hydroxylation is 1. The molecule has 152 valence electrons. The molecule has 2 heterocycles. The molecular weight excluding hydrogens is 370 g/mol. The Kier molecular flexibility index (Phi) is 6.69. The van der Waals surface area contributed by atoms with Gasteiger partial charge < -0.3 is 9.64 Å². The molecule has 1 aliphatic rings. The smallest absolute Gasteiger partial charge is 0.339 e. The molecule has 1 aromatic heterocycles. The summed E-state index contributed by atoms with van der Waals surface area (Å²) in [6, 6.07) is 9.19. The second kappa shape index (κ2) is 9.40. The molecule has 0 radical (unpaired) electrons. The number of hydrogen-bond acceptors (Lipinski definition) is 6. The maximum atomic E-state index is 12.8. The zero-order valence-corrected chi connectivity index (χ0v) is 16.6. The Morgan fingerprint density at radius 1 is 1.45 bits per heavy atom. The average molecular weight is 395 g/mol. The lowest BCUT2D eigenvalue weighted by Crippen LogP contribution is -2.54. The number of allylic oxidation sites excluding steroid dienone is 1. The molecule has 0 bridgehead atoms. The number of hydrazine groups is 1. The van der Waals surface area contributed by atoms with E-state index in [2.05, 4.69) is 10.2 Å². The van der Waals surface area contributed by atoms with E-state index in [0.717, 1.165) is 27.3 Å². The van der Waals surface area contributed by atoms with Crippen molar-refractivity contribution < 1.29 is 9.53 Å². The Hall–Kier alpha value is -3.10. The summed E-state index contributed by atoms with van der Waals surface area (Å²) in [6.45, 7) is 5.10. The fourth-order valence-corrected chi connectivity index (χ4v) is 3.32. The van der Waals surface area contributed by atoms with Gasteiger partial charge in [-0.1, -0.05) is 17.3 Å². The van der Waals surface area contributed by atoms with Gasteiger partial charge in [-0.3, -0.25) is 4.98 Å². The molecule has 2 N–H and O–H groups in total. The predicted octanol–water partition coefficient (Wildman–Crippen LogP) is 3.22. The van der Waals surface area contributed by atoms with Crippen molar-refractivity contribution in [1.82, 2.24) is 9.88 Å². The topological polar surface area (TPSA) is 101 Å². The first-order valence-electron chi connectivity index (χ1n) is 9.43. The van der Waals surface area contributed by atoms with Crippen molar-refractivity contribution in [2.45, 2.75) is 20.0 Å². The Labute approximate surface area is 169 Å². The first-order chi connectivity index (χ1) is 14.0.